The van der Waals surface area contributed by atoms with E-state index in [0.29, 0.717) is 12.3 Å². The first-order chi connectivity index (χ1) is 16.5. The molecule has 1 aromatic carbocycles. The van der Waals surface area contributed by atoms with E-state index in [1.165, 1.54) is 24.3 Å². The Balaban J connectivity index is 1.56. The van der Waals surface area contributed by atoms with Crippen molar-refractivity contribution in [2.45, 2.75) is 58.0 Å². The lowest BCUT2D eigenvalue weighted by Crippen LogP contribution is -2.42. The molecule has 1 aromatic heterocycles. The third-order valence-electron chi connectivity index (χ3n) is 6.97. The number of ether oxygens (including phenoxy) is 1. The number of pyridine rings is 1. The van der Waals surface area contributed by atoms with Gasteiger partial charge in [0.2, 0.25) is 0 Å². The molecule has 1 fully saturated rings. The second-order valence-electron chi connectivity index (χ2n) is 9.40. The standard InChI is InChI=1S/C27H40N2O4S/c1-3-4-15-34-16-5-13-29-14-11-20(21(19-29)17-27(31)32)6-9-26(30)23-10-12-28-25-8-7-22(33-2)18-24(23)25/h7-8,10,12,18,20-21,26,30H,3-6,9,11,13-17,19H2,1-2H3,(H,31,32)/t20-,21+,26-/m1/s1. The lowest BCUT2D eigenvalue weighted by atomic mass is 9.79. The van der Waals surface area contributed by atoms with Gasteiger partial charge in [0.05, 0.1) is 18.7 Å². The van der Waals surface area contributed by atoms with Crippen molar-refractivity contribution < 1.29 is 19.7 Å². The Labute approximate surface area is 208 Å². The Kier molecular flexibility index (Phi) is 10.9. The van der Waals surface area contributed by atoms with Crippen LogP contribution in [-0.4, -0.2) is 64.3 Å². The van der Waals surface area contributed by atoms with Crippen molar-refractivity contribution in [1.29, 1.82) is 0 Å². The number of aliphatic carboxylic acids is 1. The molecule has 0 amide bonds. The van der Waals surface area contributed by atoms with Crippen LogP contribution in [0.15, 0.2) is 30.5 Å². The summed E-state index contributed by atoms with van der Waals surface area (Å²) in [5.74, 6) is 2.90. The Hall–Kier alpha value is -1.83. The number of carboxylic acid groups (broad SMARTS) is 1. The lowest BCUT2D eigenvalue weighted by Gasteiger charge is -2.38. The zero-order chi connectivity index (χ0) is 24.3. The summed E-state index contributed by atoms with van der Waals surface area (Å²) in [5.41, 5.74) is 1.69. The van der Waals surface area contributed by atoms with Crippen LogP contribution in [0.5, 0.6) is 5.75 Å². The number of hydrogen-bond donors (Lipinski definition) is 2. The van der Waals surface area contributed by atoms with Crippen molar-refractivity contribution >= 4 is 28.6 Å². The molecule has 3 atom stereocenters. The summed E-state index contributed by atoms with van der Waals surface area (Å²) < 4.78 is 5.35. The topological polar surface area (TPSA) is 82.9 Å². The average molecular weight is 489 g/mol. The highest BCUT2D eigenvalue weighted by Crippen LogP contribution is 2.34. The smallest absolute Gasteiger partial charge is 0.303 e. The summed E-state index contributed by atoms with van der Waals surface area (Å²) in [5, 5.41) is 21.4. The normalized spacial score (nSPS) is 19.9. The van der Waals surface area contributed by atoms with Gasteiger partial charge in [0, 0.05) is 24.5 Å². The van der Waals surface area contributed by atoms with E-state index in [1.807, 2.05) is 36.0 Å². The Morgan fingerprint density at radius 3 is 2.85 bits per heavy atom. The second-order valence-corrected chi connectivity index (χ2v) is 10.6. The van der Waals surface area contributed by atoms with Gasteiger partial charge in [-0.3, -0.25) is 9.78 Å². The number of unbranched alkanes of at least 4 members (excludes halogenated alkanes) is 1. The van der Waals surface area contributed by atoms with Crippen molar-refractivity contribution in [2.75, 3.05) is 38.2 Å². The van der Waals surface area contributed by atoms with Crippen LogP contribution >= 0.6 is 11.8 Å². The molecule has 7 heteroatoms. The molecule has 188 valence electrons. The van der Waals surface area contributed by atoms with Crippen LogP contribution in [0.1, 0.15) is 63.5 Å². The third kappa shape index (κ3) is 7.85. The first kappa shape index (κ1) is 26.8. The number of aromatic nitrogens is 1. The quantitative estimate of drug-likeness (QED) is 0.345. The zero-order valence-corrected chi connectivity index (χ0v) is 21.4. The van der Waals surface area contributed by atoms with Crippen molar-refractivity contribution in [1.82, 2.24) is 9.88 Å². The van der Waals surface area contributed by atoms with E-state index in [-0.39, 0.29) is 12.3 Å². The number of methoxy groups -OCH3 is 1. The van der Waals surface area contributed by atoms with E-state index in [1.54, 1.807) is 13.3 Å². The Bertz CT molecular complexity index is 909. The minimum absolute atomic E-state index is 0.139. The maximum atomic E-state index is 11.6. The fourth-order valence-corrected chi connectivity index (χ4v) is 6.06. The number of nitrogens with zero attached hydrogens (tertiary/aromatic N) is 2. The second kappa shape index (κ2) is 13.9. The van der Waals surface area contributed by atoms with Crippen molar-refractivity contribution in [3.05, 3.63) is 36.0 Å². The molecule has 34 heavy (non-hydrogen) atoms. The average Bonchev–Trinajstić information content (AvgIpc) is 2.84. The van der Waals surface area contributed by atoms with Crippen LogP contribution in [0.2, 0.25) is 0 Å². The number of hydrogen-bond acceptors (Lipinski definition) is 6. The van der Waals surface area contributed by atoms with Gasteiger partial charge in [0.25, 0.3) is 0 Å². The molecule has 0 saturated carbocycles. The van der Waals surface area contributed by atoms with Crippen molar-refractivity contribution in [3.8, 4) is 5.75 Å². The molecule has 2 N–H and O–H groups in total. The van der Waals surface area contributed by atoms with Gasteiger partial charge >= 0.3 is 5.97 Å². The highest BCUT2D eigenvalue weighted by atomic mass is 32.2. The summed E-state index contributed by atoms with van der Waals surface area (Å²) in [6.07, 6.45) is 7.47. The van der Waals surface area contributed by atoms with Gasteiger partial charge in [0.1, 0.15) is 5.75 Å². The molecule has 6 nitrogen and oxygen atoms in total. The van der Waals surface area contributed by atoms with Crippen LogP contribution in [0, 0.1) is 11.8 Å². The summed E-state index contributed by atoms with van der Waals surface area (Å²) >= 11 is 2.03. The number of carboxylic acids is 1. The van der Waals surface area contributed by atoms with Gasteiger partial charge < -0.3 is 19.8 Å². The van der Waals surface area contributed by atoms with Gasteiger partial charge in [0.15, 0.2) is 0 Å². The third-order valence-corrected chi connectivity index (χ3v) is 8.12. The lowest BCUT2D eigenvalue weighted by molar-refractivity contribution is -0.139. The molecule has 2 heterocycles. The molecule has 0 bridgehead atoms. The van der Waals surface area contributed by atoms with Gasteiger partial charge in [-0.2, -0.15) is 11.8 Å². The minimum Gasteiger partial charge on any atom is -0.497 e. The van der Waals surface area contributed by atoms with E-state index in [2.05, 4.69) is 16.8 Å². The van der Waals surface area contributed by atoms with Crippen LogP contribution in [-0.2, 0) is 4.79 Å². The molecule has 1 aliphatic heterocycles. The van der Waals surface area contributed by atoms with Crippen LogP contribution in [0.25, 0.3) is 10.9 Å². The number of aliphatic hydroxyl groups is 1. The fourth-order valence-electron chi connectivity index (χ4n) is 5.03. The molecule has 0 spiro atoms. The van der Waals surface area contributed by atoms with Crippen molar-refractivity contribution in [2.24, 2.45) is 11.8 Å². The van der Waals surface area contributed by atoms with E-state index in [9.17, 15) is 15.0 Å². The SMILES string of the molecule is CCCCSCCCN1CC[C@@H](CC[C@@H](O)c2ccnc3ccc(OC)cc23)[C@@H](CC(=O)O)C1. The molecular formula is C27H40N2O4S. The van der Waals surface area contributed by atoms with Gasteiger partial charge in [-0.15, -0.1) is 0 Å². The highest BCUT2D eigenvalue weighted by Gasteiger charge is 2.31. The van der Waals surface area contributed by atoms with Gasteiger partial charge in [-0.25, -0.2) is 0 Å². The molecular weight excluding hydrogens is 448 g/mol. The largest absolute Gasteiger partial charge is 0.497 e. The molecule has 0 aliphatic carbocycles. The number of likely N-dealkylation sites (tertiary alicyclic amines) is 1. The maximum Gasteiger partial charge on any atom is 0.303 e. The van der Waals surface area contributed by atoms with E-state index in [4.69, 9.17) is 4.74 Å². The van der Waals surface area contributed by atoms with Crippen molar-refractivity contribution in [3.63, 3.8) is 0 Å². The summed E-state index contributed by atoms with van der Waals surface area (Å²) in [6, 6.07) is 7.58. The monoisotopic (exact) mass is 488 g/mol. The number of aliphatic hydroxyl groups excluding tert-OH is 1. The predicted molar refractivity (Wildman–Crippen MR) is 140 cm³/mol. The summed E-state index contributed by atoms with van der Waals surface area (Å²) in [6.45, 7) is 5.14. The Morgan fingerprint density at radius 1 is 1.26 bits per heavy atom. The summed E-state index contributed by atoms with van der Waals surface area (Å²) in [7, 11) is 1.63. The molecule has 0 unspecified atom stereocenters. The highest BCUT2D eigenvalue weighted by molar-refractivity contribution is 7.99. The van der Waals surface area contributed by atoms with Gasteiger partial charge in [-0.1, -0.05) is 13.3 Å². The van der Waals surface area contributed by atoms with E-state index >= 15 is 0 Å². The molecule has 0 radical (unpaired) electrons. The first-order valence-corrected chi connectivity index (χ1v) is 13.8. The number of thioether (sulfide) groups is 1. The van der Waals surface area contributed by atoms with Crippen LogP contribution in [0.4, 0.5) is 0 Å². The summed E-state index contributed by atoms with van der Waals surface area (Å²) in [4.78, 5) is 18.4. The van der Waals surface area contributed by atoms with Gasteiger partial charge in [-0.05, 0) is 98.4 Å². The number of fused-ring (bicyclic) bond motifs is 1. The Morgan fingerprint density at radius 2 is 2.09 bits per heavy atom. The zero-order valence-electron chi connectivity index (χ0n) is 20.6. The molecule has 3 rings (SSSR count). The number of rotatable bonds is 14. The maximum absolute atomic E-state index is 11.6. The molecule has 1 saturated heterocycles. The fraction of sp³-hybridized carbons (Fsp3) is 0.630. The number of carbonyl (C=O) groups is 1. The predicted octanol–water partition coefficient (Wildman–Crippen LogP) is 5.39. The van der Waals surface area contributed by atoms with Crippen LogP contribution in [0.3, 0.4) is 0 Å². The van der Waals surface area contributed by atoms with E-state index in [0.717, 1.165) is 61.1 Å². The molecule has 1 aliphatic rings. The van der Waals surface area contributed by atoms with E-state index < -0.39 is 12.1 Å². The number of benzene rings is 1. The first-order valence-electron chi connectivity index (χ1n) is 12.6. The molecule has 2 aromatic rings. The number of piperidine rings is 1. The van der Waals surface area contributed by atoms with Crippen LogP contribution < -0.4 is 4.74 Å². The minimum atomic E-state index is -0.722.